The first-order valence-electron chi connectivity index (χ1n) is 10.1. The Balaban J connectivity index is 1.42. The molecule has 0 radical (unpaired) electrons. The van der Waals surface area contributed by atoms with Gasteiger partial charge < -0.3 is 15.0 Å². The molecule has 152 valence electrons. The van der Waals surface area contributed by atoms with Gasteiger partial charge in [0.2, 0.25) is 5.91 Å². The van der Waals surface area contributed by atoms with Gasteiger partial charge in [-0.3, -0.25) is 9.59 Å². The maximum Gasteiger partial charge on any atom is 0.258 e. The average molecular weight is 393 g/mol. The van der Waals surface area contributed by atoms with Crippen LogP contribution in [0.3, 0.4) is 0 Å². The molecule has 3 rings (SSSR count). The van der Waals surface area contributed by atoms with Gasteiger partial charge in [-0.05, 0) is 42.7 Å². The highest BCUT2D eigenvalue weighted by Crippen LogP contribution is 2.13. The van der Waals surface area contributed by atoms with Gasteiger partial charge in [0.05, 0.1) is 17.5 Å². The van der Waals surface area contributed by atoms with Crippen LogP contribution in [0.4, 0.5) is 0 Å². The Morgan fingerprint density at radius 2 is 1.90 bits per heavy atom. The van der Waals surface area contributed by atoms with Gasteiger partial charge in [-0.15, -0.1) is 0 Å². The minimum atomic E-state index is -0.173. The molecule has 6 heteroatoms. The first-order valence-corrected chi connectivity index (χ1v) is 10.1. The van der Waals surface area contributed by atoms with Crippen molar-refractivity contribution in [3.63, 3.8) is 0 Å². The van der Waals surface area contributed by atoms with Crippen LogP contribution in [0.25, 0.3) is 10.9 Å². The fourth-order valence-corrected chi connectivity index (χ4v) is 3.01. The summed E-state index contributed by atoms with van der Waals surface area (Å²) in [5.74, 6) is 1.35. The number of aromatic amines is 1. The third-order valence-corrected chi connectivity index (χ3v) is 4.68. The molecule has 1 amide bonds. The standard InChI is InChI=1S/C23H27N3O3/c1-2-3-16-29-18-10-8-17(9-11-18)14-15-24-22(27)13-12-21-25-20-7-5-4-6-19(20)23(28)26-21/h4-11H,2-3,12-16H2,1H3,(H,24,27)(H,25,26,28). The van der Waals surface area contributed by atoms with Gasteiger partial charge in [0.15, 0.2) is 0 Å². The van der Waals surface area contributed by atoms with E-state index in [4.69, 9.17) is 4.74 Å². The number of hydrogen-bond acceptors (Lipinski definition) is 4. The number of unbranched alkanes of at least 4 members (excludes halogenated alkanes) is 1. The Morgan fingerprint density at radius 3 is 2.69 bits per heavy atom. The van der Waals surface area contributed by atoms with Crippen LogP contribution in [0.15, 0.2) is 53.3 Å². The number of aromatic nitrogens is 2. The number of fused-ring (bicyclic) bond motifs is 1. The van der Waals surface area contributed by atoms with E-state index in [1.54, 1.807) is 18.2 Å². The van der Waals surface area contributed by atoms with Crippen LogP contribution >= 0.6 is 0 Å². The van der Waals surface area contributed by atoms with Crippen molar-refractivity contribution in [2.45, 2.75) is 39.0 Å². The van der Waals surface area contributed by atoms with E-state index in [0.29, 0.717) is 29.7 Å². The Bertz CT molecular complexity index is 996. The largest absolute Gasteiger partial charge is 0.494 e. The lowest BCUT2D eigenvalue weighted by molar-refractivity contribution is -0.121. The van der Waals surface area contributed by atoms with E-state index < -0.39 is 0 Å². The van der Waals surface area contributed by atoms with Gasteiger partial charge >= 0.3 is 0 Å². The van der Waals surface area contributed by atoms with Crippen LogP contribution < -0.4 is 15.6 Å². The quantitative estimate of drug-likeness (QED) is 0.517. The number of carbonyl (C=O) groups is 1. The molecule has 2 N–H and O–H groups in total. The molecule has 1 aromatic heterocycles. The molecular weight excluding hydrogens is 366 g/mol. The molecule has 0 bridgehead atoms. The highest BCUT2D eigenvalue weighted by molar-refractivity contribution is 5.78. The predicted octanol–water partition coefficient (Wildman–Crippen LogP) is 3.39. The molecule has 0 atom stereocenters. The zero-order valence-electron chi connectivity index (χ0n) is 16.7. The average Bonchev–Trinajstić information content (AvgIpc) is 2.74. The number of benzene rings is 2. The molecule has 29 heavy (non-hydrogen) atoms. The summed E-state index contributed by atoms with van der Waals surface area (Å²) in [5.41, 5.74) is 1.62. The Morgan fingerprint density at radius 1 is 1.10 bits per heavy atom. The van der Waals surface area contributed by atoms with Crippen LogP contribution in [-0.4, -0.2) is 29.0 Å². The van der Waals surface area contributed by atoms with E-state index in [1.165, 1.54) is 0 Å². The summed E-state index contributed by atoms with van der Waals surface area (Å²) in [6, 6.07) is 15.2. The summed E-state index contributed by atoms with van der Waals surface area (Å²) >= 11 is 0. The summed E-state index contributed by atoms with van der Waals surface area (Å²) in [7, 11) is 0. The van der Waals surface area contributed by atoms with Crippen LogP contribution in [0, 0.1) is 0 Å². The Hall–Kier alpha value is -3.15. The molecule has 0 fully saturated rings. The monoisotopic (exact) mass is 393 g/mol. The maximum absolute atomic E-state index is 12.1. The van der Waals surface area contributed by atoms with Crippen LogP contribution in [0.5, 0.6) is 5.75 Å². The normalized spacial score (nSPS) is 10.8. The van der Waals surface area contributed by atoms with Crippen molar-refractivity contribution in [1.82, 2.24) is 15.3 Å². The summed E-state index contributed by atoms with van der Waals surface area (Å²) < 4.78 is 5.65. The molecule has 0 unspecified atom stereocenters. The topological polar surface area (TPSA) is 84.1 Å². The minimum absolute atomic E-state index is 0.0553. The number of aryl methyl sites for hydroxylation is 1. The van der Waals surface area contributed by atoms with Gasteiger partial charge in [-0.2, -0.15) is 0 Å². The fourth-order valence-electron chi connectivity index (χ4n) is 3.01. The number of nitrogens with one attached hydrogen (secondary N) is 2. The van der Waals surface area contributed by atoms with Crippen LogP contribution in [0.1, 0.15) is 37.6 Å². The van der Waals surface area contributed by atoms with Crippen molar-refractivity contribution in [2.75, 3.05) is 13.2 Å². The lowest BCUT2D eigenvalue weighted by atomic mass is 10.1. The molecule has 0 saturated heterocycles. The second-order valence-electron chi connectivity index (χ2n) is 6.98. The van der Waals surface area contributed by atoms with Crippen molar-refractivity contribution < 1.29 is 9.53 Å². The lowest BCUT2D eigenvalue weighted by Gasteiger charge is -2.08. The molecule has 2 aromatic carbocycles. The van der Waals surface area contributed by atoms with Gasteiger partial charge in [0, 0.05) is 19.4 Å². The zero-order chi connectivity index (χ0) is 20.5. The second-order valence-corrected chi connectivity index (χ2v) is 6.98. The molecule has 0 aliphatic rings. The summed E-state index contributed by atoms with van der Waals surface area (Å²) in [4.78, 5) is 31.3. The van der Waals surface area contributed by atoms with E-state index in [9.17, 15) is 9.59 Å². The molecule has 0 spiro atoms. The number of carbonyl (C=O) groups excluding carboxylic acids is 1. The molecule has 1 heterocycles. The van der Waals surface area contributed by atoms with Crippen molar-refractivity contribution in [2.24, 2.45) is 0 Å². The first-order chi connectivity index (χ1) is 14.2. The third kappa shape index (κ3) is 6.17. The Kier molecular flexibility index (Phi) is 7.39. The minimum Gasteiger partial charge on any atom is -0.494 e. The number of rotatable bonds is 10. The van der Waals surface area contributed by atoms with E-state index in [0.717, 1.165) is 37.2 Å². The SMILES string of the molecule is CCCCOc1ccc(CCNC(=O)CCc2nc3ccccc3c(=O)[nH]2)cc1. The number of nitrogens with zero attached hydrogens (tertiary/aromatic N) is 1. The highest BCUT2D eigenvalue weighted by atomic mass is 16.5. The fraction of sp³-hybridized carbons (Fsp3) is 0.348. The number of para-hydroxylation sites is 1. The van der Waals surface area contributed by atoms with Gasteiger partial charge in [0.1, 0.15) is 11.6 Å². The maximum atomic E-state index is 12.1. The first kappa shape index (κ1) is 20.6. The molecule has 3 aromatic rings. The summed E-state index contributed by atoms with van der Waals surface area (Å²) in [6.45, 7) is 3.44. The molecule has 0 aliphatic heterocycles. The predicted molar refractivity (Wildman–Crippen MR) is 114 cm³/mol. The van der Waals surface area contributed by atoms with E-state index >= 15 is 0 Å². The van der Waals surface area contributed by atoms with E-state index in [-0.39, 0.29) is 17.9 Å². The number of H-pyrrole nitrogens is 1. The molecule has 6 nitrogen and oxygen atoms in total. The number of amides is 1. The summed E-state index contributed by atoms with van der Waals surface area (Å²) in [5, 5.41) is 3.48. The van der Waals surface area contributed by atoms with Crippen molar-refractivity contribution in [3.8, 4) is 5.75 Å². The summed E-state index contributed by atoms with van der Waals surface area (Å²) in [6.07, 6.45) is 3.61. The van der Waals surface area contributed by atoms with Crippen molar-refractivity contribution in [1.29, 1.82) is 0 Å². The van der Waals surface area contributed by atoms with Gasteiger partial charge in [-0.1, -0.05) is 37.6 Å². The van der Waals surface area contributed by atoms with E-state index in [1.807, 2.05) is 30.3 Å². The molecular formula is C23H27N3O3. The third-order valence-electron chi connectivity index (χ3n) is 4.68. The molecule has 0 aliphatic carbocycles. The van der Waals surface area contributed by atoms with Crippen molar-refractivity contribution in [3.05, 3.63) is 70.3 Å². The molecule has 0 saturated carbocycles. The van der Waals surface area contributed by atoms with Gasteiger partial charge in [0.25, 0.3) is 5.56 Å². The lowest BCUT2D eigenvalue weighted by Crippen LogP contribution is -2.26. The smallest absolute Gasteiger partial charge is 0.258 e. The Labute approximate surface area is 170 Å². The number of hydrogen-bond donors (Lipinski definition) is 2. The van der Waals surface area contributed by atoms with Crippen molar-refractivity contribution >= 4 is 16.8 Å². The highest BCUT2D eigenvalue weighted by Gasteiger charge is 2.07. The zero-order valence-corrected chi connectivity index (χ0v) is 16.7. The van der Waals surface area contributed by atoms with Crippen LogP contribution in [-0.2, 0) is 17.6 Å². The second kappa shape index (κ2) is 10.4. The van der Waals surface area contributed by atoms with E-state index in [2.05, 4.69) is 22.2 Å². The number of ether oxygens (including phenoxy) is 1. The van der Waals surface area contributed by atoms with Crippen LogP contribution in [0.2, 0.25) is 0 Å². The van der Waals surface area contributed by atoms with Gasteiger partial charge in [-0.25, -0.2) is 4.98 Å².